The van der Waals surface area contributed by atoms with Crippen LogP contribution in [0.3, 0.4) is 0 Å². The maximum Gasteiger partial charge on any atom is 0.313 e. The Morgan fingerprint density at radius 3 is 3.00 bits per heavy atom. The molecule has 78 valence electrons. The van der Waals surface area contributed by atoms with E-state index >= 15 is 0 Å². The Labute approximate surface area is 81.6 Å². The van der Waals surface area contributed by atoms with E-state index in [4.69, 9.17) is 0 Å². The number of hydrogen-bond donors (Lipinski definition) is 1. The van der Waals surface area contributed by atoms with Gasteiger partial charge in [0, 0.05) is 12.6 Å². The second kappa shape index (κ2) is 3.24. The minimum atomic E-state index is -1.20. The molecule has 2 rings (SSSR count). The van der Waals surface area contributed by atoms with E-state index in [0.29, 0.717) is 6.54 Å². The summed E-state index contributed by atoms with van der Waals surface area (Å²) in [4.78, 5) is 24.4. The summed E-state index contributed by atoms with van der Waals surface area (Å²) in [5.41, 5.74) is 0. The van der Waals surface area contributed by atoms with E-state index in [1.807, 2.05) is 0 Å². The minimum Gasteiger partial charge on any atom is -0.469 e. The van der Waals surface area contributed by atoms with Gasteiger partial charge in [-0.25, -0.2) is 0 Å². The van der Waals surface area contributed by atoms with E-state index in [9.17, 15) is 14.7 Å². The van der Waals surface area contributed by atoms with Gasteiger partial charge in [0.1, 0.15) is 12.0 Å². The van der Waals surface area contributed by atoms with Gasteiger partial charge in [-0.05, 0) is 12.8 Å². The van der Waals surface area contributed by atoms with Crippen LogP contribution in [0.2, 0.25) is 0 Å². The number of nitrogens with zero attached hydrogens (tertiary/aromatic N) is 1. The number of ether oxygens (including phenoxy) is 1. The Kier molecular flexibility index (Phi) is 2.19. The highest BCUT2D eigenvalue weighted by Gasteiger charge is 2.53. The smallest absolute Gasteiger partial charge is 0.313 e. The second-order valence-electron chi connectivity index (χ2n) is 3.73. The first-order valence-corrected chi connectivity index (χ1v) is 4.73. The summed E-state index contributed by atoms with van der Waals surface area (Å²) in [5, 5.41) is 9.57. The molecular formula is C9H13NO4. The third kappa shape index (κ3) is 1.12. The van der Waals surface area contributed by atoms with Gasteiger partial charge < -0.3 is 14.7 Å². The molecule has 0 bridgehead atoms. The molecule has 0 aliphatic carbocycles. The number of rotatable bonds is 1. The average molecular weight is 199 g/mol. The zero-order valence-corrected chi connectivity index (χ0v) is 7.97. The van der Waals surface area contributed by atoms with Crippen LogP contribution in [0.4, 0.5) is 0 Å². The van der Waals surface area contributed by atoms with Crippen molar-refractivity contribution in [1.29, 1.82) is 0 Å². The topological polar surface area (TPSA) is 66.8 Å². The first kappa shape index (κ1) is 9.45. The molecule has 0 aromatic rings. The van der Waals surface area contributed by atoms with Crippen molar-refractivity contribution in [3.8, 4) is 0 Å². The van der Waals surface area contributed by atoms with Crippen LogP contribution < -0.4 is 0 Å². The van der Waals surface area contributed by atoms with Gasteiger partial charge in [0.2, 0.25) is 0 Å². The second-order valence-corrected chi connectivity index (χ2v) is 3.73. The van der Waals surface area contributed by atoms with Crippen LogP contribution in [0.15, 0.2) is 0 Å². The molecule has 0 spiro atoms. The van der Waals surface area contributed by atoms with Crippen LogP contribution in [0.1, 0.15) is 12.8 Å². The highest BCUT2D eigenvalue weighted by molar-refractivity contribution is 5.91. The van der Waals surface area contributed by atoms with Gasteiger partial charge in [0.05, 0.1) is 7.11 Å². The summed E-state index contributed by atoms with van der Waals surface area (Å²) in [6.07, 6.45) is 0.479. The number of amides is 1. The van der Waals surface area contributed by atoms with E-state index in [-0.39, 0.29) is 11.9 Å². The van der Waals surface area contributed by atoms with Gasteiger partial charge >= 0.3 is 5.97 Å². The predicted molar refractivity (Wildman–Crippen MR) is 46.2 cm³/mol. The van der Waals surface area contributed by atoms with Gasteiger partial charge in [-0.3, -0.25) is 9.59 Å². The Morgan fingerprint density at radius 2 is 2.36 bits per heavy atom. The summed E-state index contributed by atoms with van der Waals surface area (Å²) < 4.78 is 4.58. The fourth-order valence-electron chi connectivity index (χ4n) is 2.40. The van der Waals surface area contributed by atoms with Gasteiger partial charge in [-0.15, -0.1) is 0 Å². The summed E-state index contributed by atoms with van der Waals surface area (Å²) >= 11 is 0. The highest BCUT2D eigenvalue weighted by Crippen LogP contribution is 2.34. The highest BCUT2D eigenvalue weighted by atomic mass is 16.5. The molecule has 3 atom stereocenters. The maximum atomic E-state index is 11.5. The maximum absolute atomic E-state index is 11.5. The zero-order valence-electron chi connectivity index (χ0n) is 7.97. The van der Waals surface area contributed by atoms with Crippen LogP contribution in [0, 0.1) is 5.92 Å². The molecule has 0 saturated carbocycles. The quantitative estimate of drug-likeness (QED) is 0.558. The van der Waals surface area contributed by atoms with E-state index in [0.717, 1.165) is 12.8 Å². The molecule has 5 heteroatoms. The predicted octanol–water partition coefficient (Wildman–Crippen LogP) is -0.859. The molecule has 0 aromatic heterocycles. The Hall–Kier alpha value is -1.10. The molecule has 2 saturated heterocycles. The van der Waals surface area contributed by atoms with Gasteiger partial charge in [0.15, 0.2) is 0 Å². The molecule has 1 amide bonds. The molecule has 3 unspecified atom stereocenters. The third-order valence-electron chi connectivity index (χ3n) is 3.06. The molecule has 2 heterocycles. The monoisotopic (exact) mass is 199 g/mol. The van der Waals surface area contributed by atoms with Crippen LogP contribution in [-0.2, 0) is 14.3 Å². The fraction of sp³-hybridized carbons (Fsp3) is 0.778. The molecule has 14 heavy (non-hydrogen) atoms. The van der Waals surface area contributed by atoms with Crippen molar-refractivity contribution in [3.63, 3.8) is 0 Å². The SMILES string of the molecule is COC(=O)C1C(O)C(=O)N2CCCC12. The molecule has 2 aliphatic rings. The Morgan fingerprint density at radius 1 is 1.64 bits per heavy atom. The van der Waals surface area contributed by atoms with Crippen molar-refractivity contribution < 1.29 is 19.4 Å². The Balaban J connectivity index is 2.24. The molecule has 1 N–H and O–H groups in total. The number of fused-ring (bicyclic) bond motifs is 1. The van der Waals surface area contributed by atoms with E-state index < -0.39 is 18.0 Å². The normalized spacial score (nSPS) is 36.0. The lowest BCUT2D eigenvalue weighted by Crippen LogP contribution is -2.33. The van der Waals surface area contributed by atoms with Crippen LogP contribution in [0.25, 0.3) is 0 Å². The molecule has 0 aromatic carbocycles. The van der Waals surface area contributed by atoms with Crippen LogP contribution in [-0.4, -0.2) is 47.7 Å². The number of hydrogen-bond acceptors (Lipinski definition) is 4. The molecular weight excluding hydrogens is 186 g/mol. The van der Waals surface area contributed by atoms with Crippen molar-refractivity contribution in [2.75, 3.05) is 13.7 Å². The number of methoxy groups -OCH3 is 1. The number of carbonyl (C=O) groups excluding carboxylic acids is 2. The van der Waals surface area contributed by atoms with E-state index in [1.165, 1.54) is 7.11 Å². The number of aliphatic hydroxyl groups is 1. The number of aliphatic hydroxyl groups excluding tert-OH is 1. The Bertz CT molecular complexity index is 278. The molecule has 5 nitrogen and oxygen atoms in total. The third-order valence-corrected chi connectivity index (χ3v) is 3.06. The van der Waals surface area contributed by atoms with E-state index in [1.54, 1.807) is 4.90 Å². The van der Waals surface area contributed by atoms with Gasteiger partial charge in [-0.2, -0.15) is 0 Å². The first-order chi connectivity index (χ1) is 6.66. The van der Waals surface area contributed by atoms with Gasteiger partial charge in [-0.1, -0.05) is 0 Å². The minimum absolute atomic E-state index is 0.148. The van der Waals surface area contributed by atoms with Crippen molar-refractivity contribution in [3.05, 3.63) is 0 Å². The van der Waals surface area contributed by atoms with Crippen molar-refractivity contribution in [2.45, 2.75) is 25.0 Å². The summed E-state index contributed by atoms with van der Waals surface area (Å²) in [6.45, 7) is 0.647. The van der Waals surface area contributed by atoms with Crippen molar-refractivity contribution in [2.24, 2.45) is 5.92 Å². The lowest BCUT2D eigenvalue weighted by atomic mass is 9.96. The van der Waals surface area contributed by atoms with Crippen LogP contribution in [0.5, 0.6) is 0 Å². The van der Waals surface area contributed by atoms with E-state index in [2.05, 4.69) is 4.74 Å². The number of carbonyl (C=O) groups is 2. The first-order valence-electron chi connectivity index (χ1n) is 4.73. The average Bonchev–Trinajstić information content (AvgIpc) is 2.72. The van der Waals surface area contributed by atoms with Crippen molar-refractivity contribution >= 4 is 11.9 Å². The summed E-state index contributed by atoms with van der Waals surface area (Å²) in [7, 11) is 1.27. The standard InChI is InChI=1S/C9H13NO4/c1-14-9(13)6-5-3-2-4-10(5)8(12)7(6)11/h5-7,11H,2-4H2,1H3. The van der Waals surface area contributed by atoms with Gasteiger partial charge in [0.25, 0.3) is 5.91 Å². The van der Waals surface area contributed by atoms with Crippen LogP contribution >= 0.6 is 0 Å². The molecule has 0 radical (unpaired) electrons. The fourth-order valence-corrected chi connectivity index (χ4v) is 2.40. The molecule has 2 fully saturated rings. The summed E-state index contributed by atoms with van der Waals surface area (Å²) in [5.74, 6) is -1.50. The lowest BCUT2D eigenvalue weighted by Gasteiger charge is -2.17. The number of esters is 1. The lowest BCUT2D eigenvalue weighted by molar-refractivity contribution is -0.150. The zero-order chi connectivity index (χ0) is 10.3. The largest absolute Gasteiger partial charge is 0.469 e. The van der Waals surface area contributed by atoms with Crippen molar-refractivity contribution in [1.82, 2.24) is 4.90 Å². The molecule has 2 aliphatic heterocycles. The summed E-state index contributed by atoms with van der Waals surface area (Å²) in [6, 6.07) is -0.148.